The summed E-state index contributed by atoms with van der Waals surface area (Å²) in [5, 5.41) is 8.44. The Morgan fingerprint density at radius 1 is 1.19 bits per heavy atom. The second kappa shape index (κ2) is 12.0. The van der Waals surface area contributed by atoms with E-state index in [4.69, 9.17) is 9.73 Å². The number of amides is 2. The molecular weight excluding hydrogens is 540 g/mol. The number of hydrogen-bond acceptors (Lipinski definition) is 7. The highest BCUT2D eigenvalue weighted by Gasteiger charge is 2.41. The first-order chi connectivity index (χ1) is 20.8. The van der Waals surface area contributed by atoms with Crippen molar-refractivity contribution in [2.24, 2.45) is 10.9 Å². The summed E-state index contributed by atoms with van der Waals surface area (Å²) in [4.78, 5) is 31.4. The first-order valence-electron chi connectivity index (χ1n) is 14.7. The van der Waals surface area contributed by atoms with Gasteiger partial charge in [-0.15, -0.1) is 0 Å². The number of aliphatic imine (C=N–C) groups is 1. The van der Waals surface area contributed by atoms with Gasteiger partial charge in [0.15, 0.2) is 5.82 Å². The normalized spacial score (nSPS) is 18.7. The molecule has 43 heavy (non-hydrogen) atoms. The van der Waals surface area contributed by atoms with E-state index in [9.17, 15) is 4.79 Å². The van der Waals surface area contributed by atoms with Crippen LogP contribution in [0.3, 0.4) is 0 Å². The number of carbonyl (C=O) groups excluding carboxylic acids is 1. The lowest BCUT2D eigenvalue weighted by atomic mass is 10.1. The lowest BCUT2D eigenvalue weighted by molar-refractivity contribution is 0.213. The van der Waals surface area contributed by atoms with E-state index in [0.717, 1.165) is 43.0 Å². The van der Waals surface area contributed by atoms with Crippen molar-refractivity contribution in [1.82, 2.24) is 29.5 Å². The van der Waals surface area contributed by atoms with Crippen molar-refractivity contribution in [1.29, 1.82) is 0 Å². The minimum atomic E-state index is -0.132. The Morgan fingerprint density at radius 2 is 2.02 bits per heavy atom. The summed E-state index contributed by atoms with van der Waals surface area (Å²) in [6, 6.07) is 12.3. The number of hydrogen-bond donors (Lipinski definition) is 1. The molecule has 0 spiro atoms. The molecule has 4 aromatic rings. The number of rotatable bonds is 8. The predicted octanol–water partition coefficient (Wildman–Crippen LogP) is 5.17. The van der Waals surface area contributed by atoms with Crippen molar-refractivity contribution in [3.8, 4) is 5.75 Å². The van der Waals surface area contributed by atoms with E-state index < -0.39 is 0 Å². The minimum absolute atomic E-state index is 0.132. The first kappa shape index (κ1) is 28.5. The zero-order valence-electron chi connectivity index (χ0n) is 25.2. The van der Waals surface area contributed by atoms with Crippen LogP contribution in [-0.4, -0.2) is 81.1 Å². The van der Waals surface area contributed by atoms with Crippen LogP contribution in [-0.2, 0) is 13.0 Å². The molecule has 2 aliphatic heterocycles. The van der Waals surface area contributed by atoms with Crippen LogP contribution in [0.1, 0.15) is 28.8 Å². The summed E-state index contributed by atoms with van der Waals surface area (Å²) in [7, 11) is 3.72. The molecule has 2 aromatic carbocycles. The highest BCUT2D eigenvalue weighted by Crippen LogP contribution is 2.35. The van der Waals surface area contributed by atoms with Crippen LogP contribution < -0.4 is 10.1 Å². The number of carbonyl (C=O) groups is 1. The Morgan fingerprint density at radius 3 is 2.79 bits per heavy atom. The average Bonchev–Trinajstić information content (AvgIpc) is 3.70. The number of nitrogens with one attached hydrogen (secondary N) is 1. The van der Waals surface area contributed by atoms with E-state index in [1.807, 2.05) is 34.0 Å². The number of urea groups is 1. The number of likely N-dealkylation sites (N-methyl/N-ethyl adjacent to an activating group) is 1. The highest BCUT2D eigenvalue weighted by molar-refractivity contribution is 6.02. The van der Waals surface area contributed by atoms with Gasteiger partial charge in [-0.2, -0.15) is 5.10 Å². The number of benzene rings is 2. The fraction of sp³-hybridized carbons (Fsp3) is 0.364. The van der Waals surface area contributed by atoms with Crippen molar-refractivity contribution in [3.63, 3.8) is 0 Å². The number of aromatic nitrogens is 4. The number of methoxy groups -OCH3 is 1. The summed E-state index contributed by atoms with van der Waals surface area (Å²) in [6.07, 6.45) is 6.82. The molecule has 4 heterocycles. The number of fused-ring (bicyclic) bond motifs is 2. The van der Waals surface area contributed by atoms with Crippen LogP contribution >= 0.6 is 0 Å². The Kier molecular flexibility index (Phi) is 7.94. The Bertz CT molecular complexity index is 1710. The average molecular weight is 579 g/mol. The van der Waals surface area contributed by atoms with Gasteiger partial charge in [-0.05, 0) is 68.6 Å². The van der Waals surface area contributed by atoms with Gasteiger partial charge in [-0.25, -0.2) is 19.8 Å². The molecule has 10 nitrogen and oxygen atoms in total. The van der Waals surface area contributed by atoms with Gasteiger partial charge in [0.1, 0.15) is 12.1 Å². The third-order valence-corrected chi connectivity index (χ3v) is 8.93. The molecule has 2 aliphatic rings. The van der Waals surface area contributed by atoms with Gasteiger partial charge >= 0.3 is 6.03 Å². The highest BCUT2D eigenvalue weighted by atomic mass is 16.5. The standard InChI is InChI=1S/C33H38N8O2/c1-6-26(13-25-16-36-41(22(25)3)18-23-10-8-7-9-21(23)2)37-32-27-14-29(31(43-5)15-28(27)34-20-35-32)38-33(42)40-17-24-11-12-39(4)30(24)19-40/h6-10,14-16,20,24,30H,1,11-13,17-19H2,2-5H3,(H,38,42). The van der Waals surface area contributed by atoms with Crippen LogP contribution in [0, 0.1) is 19.8 Å². The second-order valence-corrected chi connectivity index (χ2v) is 11.5. The summed E-state index contributed by atoms with van der Waals surface area (Å²) in [5.74, 6) is 1.56. The first-order valence-corrected chi connectivity index (χ1v) is 14.7. The van der Waals surface area contributed by atoms with Gasteiger partial charge in [0.25, 0.3) is 0 Å². The summed E-state index contributed by atoms with van der Waals surface area (Å²) < 4.78 is 7.65. The zero-order chi connectivity index (χ0) is 30.1. The fourth-order valence-corrected chi connectivity index (χ4v) is 6.21. The number of nitrogens with zero attached hydrogens (tertiary/aromatic N) is 7. The molecule has 6 rings (SSSR count). The second-order valence-electron chi connectivity index (χ2n) is 11.5. The molecule has 10 heteroatoms. The molecule has 0 aliphatic carbocycles. The molecule has 2 amide bonds. The van der Waals surface area contributed by atoms with Gasteiger partial charge in [0.05, 0.1) is 31.1 Å². The van der Waals surface area contributed by atoms with E-state index >= 15 is 0 Å². The summed E-state index contributed by atoms with van der Waals surface area (Å²) in [6.45, 7) is 11.5. The van der Waals surface area contributed by atoms with Crippen LogP contribution in [0.15, 0.2) is 66.6 Å². The Hall–Kier alpha value is -4.57. The Balaban J connectivity index is 1.25. The van der Waals surface area contributed by atoms with Crippen LogP contribution in [0.25, 0.3) is 10.9 Å². The summed E-state index contributed by atoms with van der Waals surface area (Å²) >= 11 is 0. The van der Waals surface area contributed by atoms with Crippen LogP contribution in [0.5, 0.6) is 5.75 Å². The smallest absolute Gasteiger partial charge is 0.322 e. The lowest BCUT2D eigenvalue weighted by Crippen LogP contribution is -2.37. The van der Waals surface area contributed by atoms with Gasteiger partial charge in [0, 0.05) is 48.4 Å². The van der Waals surface area contributed by atoms with Crippen molar-refractivity contribution in [2.75, 3.05) is 39.1 Å². The maximum absolute atomic E-state index is 13.3. The van der Waals surface area contributed by atoms with E-state index in [2.05, 4.69) is 71.0 Å². The third-order valence-electron chi connectivity index (χ3n) is 8.93. The molecule has 2 aromatic heterocycles. The number of aryl methyl sites for hydroxylation is 1. The minimum Gasteiger partial charge on any atom is -0.494 e. The van der Waals surface area contributed by atoms with Crippen LogP contribution in [0.2, 0.25) is 0 Å². The number of allylic oxidation sites excluding steroid dienone is 1. The molecule has 0 saturated carbocycles. The number of anilines is 1. The van der Waals surface area contributed by atoms with Crippen molar-refractivity contribution in [2.45, 2.75) is 39.3 Å². The SMILES string of the molecule is C=CC(Cc1cnn(Cc2ccccc2C)c1C)=Nc1ncnc2cc(OC)c(NC(=O)N3CC4CCN(C)C4C3)cc12. The Labute approximate surface area is 252 Å². The largest absolute Gasteiger partial charge is 0.494 e. The van der Waals surface area contributed by atoms with Gasteiger partial charge in [-0.1, -0.05) is 30.8 Å². The number of likely N-dealkylation sites (tertiary alicyclic amines) is 2. The molecule has 222 valence electrons. The predicted molar refractivity (Wildman–Crippen MR) is 169 cm³/mol. The van der Waals surface area contributed by atoms with Crippen molar-refractivity contribution in [3.05, 3.63) is 84.0 Å². The molecular formula is C33H38N8O2. The van der Waals surface area contributed by atoms with Gasteiger partial charge in [-0.3, -0.25) is 4.68 Å². The quantitative estimate of drug-likeness (QED) is 0.290. The molecule has 2 unspecified atom stereocenters. The van der Waals surface area contributed by atoms with Gasteiger partial charge < -0.3 is 19.9 Å². The van der Waals surface area contributed by atoms with Crippen LogP contribution in [0.4, 0.5) is 16.3 Å². The zero-order valence-corrected chi connectivity index (χ0v) is 25.2. The molecule has 1 N–H and O–H groups in total. The maximum atomic E-state index is 13.3. The van der Waals surface area contributed by atoms with E-state index in [-0.39, 0.29) is 6.03 Å². The topological polar surface area (TPSA) is 101 Å². The van der Waals surface area contributed by atoms with E-state index in [1.165, 1.54) is 17.5 Å². The molecule has 0 radical (unpaired) electrons. The number of ether oxygens (including phenoxy) is 1. The van der Waals surface area contributed by atoms with E-state index in [1.54, 1.807) is 13.2 Å². The fourth-order valence-electron chi connectivity index (χ4n) is 6.21. The van der Waals surface area contributed by atoms with Crippen molar-refractivity contribution >= 4 is 34.2 Å². The van der Waals surface area contributed by atoms with E-state index in [0.29, 0.717) is 53.1 Å². The summed E-state index contributed by atoms with van der Waals surface area (Å²) in [5.41, 5.74) is 6.62. The third kappa shape index (κ3) is 5.75. The molecule has 2 atom stereocenters. The molecule has 2 saturated heterocycles. The molecule has 0 bridgehead atoms. The maximum Gasteiger partial charge on any atom is 0.322 e. The monoisotopic (exact) mass is 578 g/mol. The molecule has 2 fully saturated rings. The van der Waals surface area contributed by atoms with Gasteiger partial charge in [0.2, 0.25) is 0 Å². The lowest BCUT2D eigenvalue weighted by Gasteiger charge is -2.21. The van der Waals surface area contributed by atoms with Crippen molar-refractivity contribution < 1.29 is 9.53 Å².